The van der Waals surface area contributed by atoms with Crippen molar-refractivity contribution in [1.29, 1.82) is 0 Å². The van der Waals surface area contributed by atoms with Gasteiger partial charge < -0.3 is 19.2 Å². The molecule has 1 heterocycles. The zero-order valence-electron chi connectivity index (χ0n) is 15.4. The SMILES string of the molecule is Cc1ccc(C)c(OCc2ccc(C(=O)Nc3ccccc3OC(F)F)o2)c1. The predicted octanol–water partition coefficient (Wildman–Crippen LogP) is 5.33. The van der Waals surface area contributed by atoms with Crippen molar-refractivity contribution in [2.24, 2.45) is 0 Å². The molecule has 3 aromatic rings. The number of amides is 1. The van der Waals surface area contributed by atoms with Crippen LogP contribution in [-0.4, -0.2) is 12.5 Å². The number of para-hydroxylation sites is 2. The van der Waals surface area contributed by atoms with Crippen LogP contribution in [0.5, 0.6) is 11.5 Å². The number of rotatable bonds is 7. The number of aryl methyl sites for hydroxylation is 2. The molecule has 0 unspecified atom stereocenters. The summed E-state index contributed by atoms with van der Waals surface area (Å²) in [5, 5.41) is 2.50. The van der Waals surface area contributed by atoms with Gasteiger partial charge in [0.1, 0.15) is 23.9 Å². The highest BCUT2D eigenvalue weighted by Crippen LogP contribution is 2.26. The van der Waals surface area contributed by atoms with Crippen LogP contribution in [0.4, 0.5) is 14.5 Å². The Morgan fingerprint density at radius 2 is 1.86 bits per heavy atom. The fraction of sp³-hybridized carbons (Fsp3) is 0.190. The molecule has 5 nitrogen and oxygen atoms in total. The standard InChI is InChI=1S/C21H19F2NO4/c1-13-7-8-14(2)19(11-13)26-12-15-9-10-18(27-15)20(25)24-16-5-3-4-6-17(16)28-21(22)23/h3-11,21H,12H2,1-2H3,(H,24,25). The third-order valence-electron chi connectivity index (χ3n) is 3.95. The second-order valence-corrected chi connectivity index (χ2v) is 6.15. The molecule has 0 fully saturated rings. The lowest BCUT2D eigenvalue weighted by Crippen LogP contribution is -2.13. The summed E-state index contributed by atoms with van der Waals surface area (Å²) < 4.78 is 40.6. The van der Waals surface area contributed by atoms with Crippen LogP contribution in [0.15, 0.2) is 59.0 Å². The first-order chi connectivity index (χ1) is 13.4. The van der Waals surface area contributed by atoms with Crippen LogP contribution in [0.3, 0.4) is 0 Å². The molecular weight excluding hydrogens is 368 g/mol. The number of alkyl halides is 2. The number of carbonyl (C=O) groups is 1. The first-order valence-electron chi connectivity index (χ1n) is 8.56. The zero-order chi connectivity index (χ0) is 20.1. The highest BCUT2D eigenvalue weighted by Gasteiger charge is 2.16. The van der Waals surface area contributed by atoms with E-state index in [0.717, 1.165) is 16.9 Å². The summed E-state index contributed by atoms with van der Waals surface area (Å²) in [5.41, 5.74) is 2.19. The maximum atomic E-state index is 12.5. The molecule has 28 heavy (non-hydrogen) atoms. The Balaban J connectivity index is 1.65. The minimum absolute atomic E-state index is 0.0337. The monoisotopic (exact) mass is 387 g/mol. The van der Waals surface area contributed by atoms with E-state index < -0.39 is 12.5 Å². The molecule has 1 N–H and O–H groups in total. The highest BCUT2D eigenvalue weighted by atomic mass is 19.3. The van der Waals surface area contributed by atoms with Crippen molar-refractivity contribution < 1.29 is 27.5 Å². The molecule has 0 aliphatic rings. The molecule has 1 amide bonds. The number of anilines is 1. The predicted molar refractivity (Wildman–Crippen MR) is 100.0 cm³/mol. The van der Waals surface area contributed by atoms with Gasteiger partial charge in [-0.25, -0.2) is 0 Å². The fourth-order valence-corrected chi connectivity index (χ4v) is 2.54. The highest BCUT2D eigenvalue weighted by molar-refractivity contribution is 6.03. The third kappa shape index (κ3) is 4.88. The Morgan fingerprint density at radius 3 is 2.64 bits per heavy atom. The summed E-state index contributed by atoms with van der Waals surface area (Å²) >= 11 is 0. The minimum atomic E-state index is -2.99. The summed E-state index contributed by atoms with van der Waals surface area (Å²) in [5.74, 6) is 0.522. The van der Waals surface area contributed by atoms with Gasteiger partial charge in [0.2, 0.25) is 0 Å². The van der Waals surface area contributed by atoms with Gasteiger partial charge in [0.05, 0.1) is 5.69 Å². The number of carbonyl (C=O) groups excluding carboxylic acids is 1. The zero-order valence-corrected chi connectivity index (χ0v) is 15.4. The molecule has 0 aliphatic heterocycles. The maximum absolute atomic E-state index is 12.5. The van der Waals surface area contributed by atoms with E-state index in [1.165, 1.54) is 24.3 Å². The van der Waals surface area contributed by atoms with Crippen molar-refractivity contribution in [2.45, 2.75) is 27.1 Å². The van der Waals surface area contributed by atoms with Gasteiger partial charge in [-0.2, -0.15) is 8.78 Å². The van der Waals surface area contributed by atoms with Crippen molar-refractivity contribution in [3.05, 3.63) is 77.2 Å². The summed E-state index contributed by atoms with van der Waals surface area (Å²) in [6, 6.07) is 14.9. The average molecular weight is 387 g/mol. The molecule has 0 bridgehead atoms. The second kappa shape index (κ2) is 8.56. The molecule has 0 radical (unpaired) electrons. The van der Waals surface area contributed by atoms with Crippen molar-refractivity contribution in [1.82, 2.24) is 0 Å². The Kier molecular flexibility index (Phi) is 5.93. The molecular formula is C21H19F2NO4. The lowest BCUT2D eigenvalue weighted by molar-refractivity contribution is -0.0493. The van der Waals surface area contributed by atoms with Crippen LogP contribution in [0.2, 0.25) is 0 Å². The number of furan rings is 1. The second-order valence-electron chi connectivity index (χ2n) is 6.15. The molecule has 0 spiro atoms. The maximum Gasteiger partial charge on any atom is 0.387 e. The van der Waals surface area contributed by atoms with E-state index >= 15 is 0 Å². The number of ether oxygens (including phenoxy) is 2. The Bertz CT molecular complexity index is 969. The third-order valence-corrected chi connectivity index (χ3v) is 3.95. The smallest absolute Gasteiger partial charge is 0.387 e. The summed E-state index contributed by atoms with van der Waals surface area (Å²) in [6.07, 6.45) is 0. The Labute approximate surface area is 160 Å². The molecule has 2 aromatic carbocycles. The Morgan fingerprint density at radius 1 is 1.07 bits per heavy atom. The van der Waals surface area contributed by atoms with Gasteiger partial charge in [-0.05, 0) is 55.3 Å². The lowest BCUT2D eigenvalue weighted by atomic mass is 10.1. The molecule has 3 rings (SSSR count). The number of hydrogen-bond acceptors (Lipinski definition) is 4. The van der Waals surface area contributed by atoms with Crippen LogP contribution >= 0.6 is 0 Å². The van der Waals surface area contributed by atoms with E-state index in [4.69, 9.17) is 9.15 Å². The van der Waals surface area contributed by atoms with Gasteiger partial charge >= 0.3 is 6.61 Å². The number of hydrogen-bond donors (Lipinski definition) is 1. The Hall–Kier alpha value is -3.35. The van der Waals surface area contributed by atoms with E-state index in [0.29, 0.717) is 5.76 Å². The summed E-state index contributed by atoms with van der Waals surface area (Å²) in [7, 11) is 0. The van der Waals surface area contributed by atoms with Gasteiger partial charge in [-0.1, -0.05) is 24.3 Å². The molecule has 1 aromatic heterocycles. The van der Waals surface area contributed by atoms with Crippen LogP contribution in [0, 0.1) is 13.8 Å². The van der Waals surface area contributed by atoms with Crippen LogP contribution < -0.4 is 14.8 Å². The largest absolute Gasteiger partial charge is 0.485 e. The van der Waals surface area contributed by atoms with E-state index in [9.17, 15) is 13.6 Å². The average Bonchev–Trinajstić information content (AvgIpc) is 3.13. The fourth-order valence-electron chi connectivity index (χ4n) is 2.54. The van der Waals surface area contributed by atoms with E-state index in [-0.39, 0.29) is 23.8 Å². The van der Waals surface area contributed by atoms with Crippen molar-refractivity contribution in [3.63, 3.8) is 0 Å². The first kappa shape index (κ1) is 19.4. The lowest BCUT2D eigenvalue weighted by Gasteiger charge is -2.10. The molecule has 0 aliphatic carbocycles. The molecule has 7 heteroatoms. The molecule has 0 saturated heterocycles. The van der Waals surface area contributed by atoms with Crippen LogP contribution in [0.1, 0.15) is 27.4 Å². The topological polar surface area (TPSA) is 60.7 Å². The van der Waals surface area contributed by atoms with Crippen molar-refractivity contribution in [3.8, 4) is 11.5 Å². The molecule has 0 saturated carbocycles. The molecule has 146 valence electrons. The molecule has 0 atom stereocenters. The van der Waals surface area contributed by atoms with Gasteiger partial charge in [-0.15, -0.1) is 0 Å². The minimum Gasteiger partial charge on any atom is -0.485 e. The van der Waals surface area contributed by atoms with Crippen LogP contribution in [-0.2, 0) is 6.61 Å². The van der Waals surface area contributed by atoms with Gasteiger partial charge in [0, 0.05) is 0 Å². The normalized spacial score (nSPS) is 10.8. The van der Waals surface area contributed by atoms with Crippen molar-refractivity contribution in [2.75, 3.05) is 5.32 Å². The number of halogens is 2. The number of nitrogens with one attached hydrogen (secondary N) is 1. The first-order valence-corrected chi connectivity index (χ1v) is 8.56. The number of benzene rings is 2. The van der Waals surface area contributed by atoms with Gasteiger partial charge in [0.15, 0.2) is 5.76 Å². The van der Waals surface area contributed by atoms with Crippen LogP contribution in [0.25, 0.3) is 0 Å². The summed E-state index contributed by atoms with van der Waals surface area (Å²) in [6.45, 7) is 1.07. The van der Waals surface area contributed by atoms with E-state index in [2.05, 4.69) is 10.1 Å². The van der Waals surface area contributed by atoms with Gasteiger partial charge in [-0.3, -0.25) is 4.79 Å². The van der Waals surface area contributed by atoms with E-state index in [1.807, 2.05) is 32.0 Å². The quantitative estimate of drug-likeness (QED) is 0.595. The summed E-state index contributed by atoms with van der Waals surface area (Å²) in [4.78, 5) is 12.3. The van der Waals surface area contributed by atoms with Gasteiger partial charge in [0.25, 0.3) is 5.91 Å². The van der Waals surface area contributed by atoms with Crippen molar-refractivity contribution >= 4 is 11.6 Å². The van der Waals surface area contributed by atoms with E-state index in [1.54, 1.807) is 12.1 Å².